The van der Waals surface area contributed by atoms with Crippen LogP contribution in [0.4, 0.5) is 0 Å². The number of carbonyl (C=O) groups excluding carboxylic acids is 1. The molecule has 0 aromatic heterocycles. The first-order chi connectivity index (χ1) is 11.6. The van der Waals surface area contributed by atoms with Gasteiger partial charge in [0, 0.05) is 13.0 Å². The van der Waals surface area contributed by atoms with Crippen LogP contribution in [0.5, 0.6) is 5.75 Å². The number of ether oxygens (including phenoxy) is 2. The van der Waals surface area contributed by atoms with Gasteiger partial charge in [-0.15, -0.1) is 0 Å². The van der Waals surface area contributed by atoms with Gasteiger partial charge >= 0.3 is 5.97 Å². The van der Waals surface area contributed by atoms with Crippen LogP contribution in [0.2, 0.25) is 0 Å². The fourth-order valence-corrected chi connectivity index (χ4v) is 3.04. The van der Waals surface area contributed by atoms with E-state index in [4.69, 9.17) is 9.47 Å². The number of nitrogens with one attached hydrogen (secondary N) is 1. The topological polar surface area (TPSA) is 81.7 Å². The first kappa shape index (κ1) is 21.4. The Balaban J connectivity index is 2.43. The molecule has 0 heterocycles. The van der Waals surface area contributed by atoms with Crippen molar-refractivity contribution in [2.45, 2.75) is 63.9 Å². The SMILES string of the molecule is CCCCOc1ccc(S(=O)(=O)NCCCC(=O)OC(C)(C)C)cc1. The van der Waals surface area contributed by atoms with E-state index in [9.17, 15) is 13.2 Å². The molecule has 0 saturated carbocycles. The molecule has 0 spiro atoms. The second kappa shape index (κ2) is 9.77. The molecule has 0 aliphatic heterocycles. The molecule has 1 rings (SSSR count). The van der Waals surface area contributed by atoms with Gasteiger partial charge in [-0.2, -0.15) is 0 Å². The maximum atomic E-state index is 12.2. The number of carbonyl (C=O) groups is 1. The maximum absolute atomic E-state index is 12.2. The predicted octanol–water partition coefficient (Wildman–Crippen LogP) is 3.27. The van der Waals surface area contributed by atoms with Crippen molar-refractivity contribution in [2.75, 3.05) is 13.2 Å². The van der Waals surface area contributed by atoms with E-state index in [0.717, 1.165) is 12.8 Å². The number of rotatable bonds is 10. The van der Waals surface area contributed by atoms with Gasteiger partial charge in [0.2, 0.25) is 10.0 Å². The minimum atomic E-state index is -3.59. The molecule has 0 aliphatic rings. The van der Waals surface area contributed by atoms with Crippen LogP contribution in [0.25, 0.3) is 0 Å². The summed E-state index contributed by atoms with van der Waals surface area (Å²) in [5, 5.41) is 0. The zero-order valence-corrected chi connectivity index (χ0v) is 16.3. The van der Waals surface area contributed by atoms with E-state index in [2.05, 4.69) is 11.6 Å². The van der Waals surface area contributed by atoms with Crippen LogP contribution in [-0.4, -0.2) is 33.1 Å². The second-order valence-corrected chi connectivity index (χ2v) is 8.53. The molecule has 1 aromatic rings. The number of hydrogen-bond acceptors (Lipinski definition) is 5. The fourth-order valence-electron chi connectivity index (χ4n) is 1.96. The standard InChI is InChI=1S/C18H29NO5S/c1-5-6-14-23-15-9-11-16(12-10-15)25(21,22)19-13-7-8-17(20)24-18(2,3)4/h9-12,19H,5-8,13-14H2,1-4H3. The number of unbranched alkanes of at least 4 members (excludes halogenated alkanes) is 1. The summed E-state index contributed by atoms with van der Waals surface area (Å²) in [6, 6.07) is 6.31. The monoisotopic (exact) mass is 371 g/mol. The lowest BCUT2D eigenvalue weighted by molar-refractivity contribution is -0.154. The molecule has 0 unspecified atom stereocenters. The smallest absolute Gasteiger partial charge is 0.306 e. The molecule has 6 nitrogen and oxygen atoms in total. The summed E-state index contributed by atoms with van der Waals surface area (Å²) in [4.78, 5) is 11.8. The number of benzene rings is 1. The van der Waals surface area contributed by atoms with E-state index >= 15 is 0 Å². The van der Waals surface area contributed by atoms with Crippen molar-refractivity contribution in [3.05, 3.63) is 24.3 Å². The molecule has 1 N–H and O–H groups in total. The first-order valence-corrected chi connectivity index (χ1v) is 10.1. The van der Waals surface area contributed by atoms with Crippen molar-refractivity contribution in [3.63, 3.8) is 0 Å². The molecule has 0 radical (unpaired) electrons. The normalized spacial score (nSPS) is 12.0. The molecular formula is C18H29NO5S. The predicted molar refractivity (Wildman–Crippen MR) is 97.1 cm³/mol. The van der Waals surface area contributed by atoms with Gasteiger partial charge in [0.1, 0.15) is 11.4 Å². The van der Waals surface area contributed by atoms with Crippen LogP contribution in [0.1, 0.15) is 53.4 Å². The molecule has 142 valence electrons. The summed E-state index contributed by atoms with van der Waals surface area (Å²) < 4.78 is 37.6. The highest BCUT2D eigenvalue weighted by Gasteiger charge is 2.17. The van der Waals surface area contributed by atoms with Gasteiger partial charge in [-0.3, -0.25) is 4.79 Å². The summed E-state index contributed by atoms with van der Waals surface area (Å²) in [5.41, 5.74) is -0.530. The van der Waals surface area contributed by atoms with Crippen LogP contribution in [0.15, 0.2) is 29.2 Å². The van der Waals surface area contributed by atoms with Crippen LogP contribution >= 0.6 is 0 Å². The van der Waals surface area contributed by atoms with Crippen LogP contribution in [0.3, 0.4) is 0 Å². The summed E-state index contributed by atoms with van der Waals surface area (Å²) in [6.45, 7) is 8.26. The second-order valence-electron chi connectivity index (χ2n) is 6.76. The average Bonchev–Trinajstić information content (AvgIpc) is 2.51. The summed E-state index contributed by atoms with van der Waals surface area (Å²) >= 11 is 0. The summed E-state index contributed by atoms with van der Waals surface area (Å²) in [5.74, 6) is 0.317. The lowest BCUT2D eigenvalue weighted by atomic mass is 10.2. The molecule has 7 heteroatoms. The third-order valence-electron chi connectivity index (χ3n) is 3.17. The van der Waals surface area contributed by atoms with E-state index in [1.807, 2.05) is 0 Å². The van der Waals surface area contributed by atoms with Gasteiger partial charge in [-0.25, -0.2) is 13.1 Å². The minimum Gasteiger partial charge on any atom is -0.494 e. The highest BCUT2D eigenvalue weighted by Crippen LogP contribution is 2.16. The molecule has 1 aromatic carbocycles. The van der Waals surface area contributed by atoms with Gasteiger partial charge in [0.25, 0.3) is 0 Å². The van der Waals surface area contributed by atoms with Crippen molar-refractivity contribution in [1.29, 1.82) is 0 Å². The van der Waals surface area contributed by atoms with E-state index in [0.29, 0.717) is 18.8 Å². The molecular weight excluding hydrogens is 342 g/mol. The number of sulfonamides is 1. The molecule has 0 fully saturated rings. The fraction of sp³-hybridized carbons (Fsp3) is 0.611. The van der Waals surface area contributed by atoms with Crippen LogP contribution in [-0.2, 0) is 19.6 Å². The number of hydrogen-bond donors (Lipinski definition) is 1. The van der Waals surface area contributed by atoms with Crippen LogP contribution in [0, 0.1) is 0 Å². The highest BCUT2D eigenvalue weighted by atomic mass is 32.2. The Hall–Kier alpha value is -1.60. The van der Waals surface area contributed by atoms with Gasteiger partial charge in [-0.1, -0.05) is 13.3 Å². The van der Waals surface area contributed by atoms with Gasteiger partial charge in [0.15, 0.2) is 0 Å². The third kappa shape index (κ3) is 8.88. The van der Waals surface area contributed by atoms with Crippen molar-refractivity contribution < 1.29 is 22.7 Å². The number of esters is 1. The summed E-state index contributed by atoms with van der Waals surface area (Å²) in [6.07, 6.45) is 2.55. The van der Waals surface area contributed by atoms with Gasteiger partial charge in [-0.05, 0) is 57.9 Å². The Labute approximate surface area is 151 Å². The molecule has 0 saturated heterocycles. The van der Waals surface area contributed by atoms with Crippen LogP contribution < -0.4 is 9.46 Å². The first-order valence-electron chi connectivity index (χ1n) is 8.58. The minimum absolute atomic E-state index is 0.171. The van der Waals surface area contributed by atoms with Crippen molar-refractivity contribution in [2.24, 2.45) is 0 Å². The Bertz CT molecular complexity index is 632. The summed E-state index contributed by atoms with van der Waals surface area (Å²) in [7, 11) is -3.59. The van der Waals surface area contributed by atoms with E-state index in [1.165, 1.54) is 12.1 Å². The highest BCUT2D eigenvalue weighted by molar-refractivity contribution is 7.89. The van der Waals surface area contributed by atoms with Crippen molar-refractivity contribution in [1.82, 2.24) is 4.72 Å². The maximum Gasteiger partial charge on any atom is 0.306 e. The molecule has 0 amide bonds. The van der Waals surface area contributed by atoms with E-state index in [-0.39, 0.29) is 23.8 Å². The third-order valence-corrected chi connectivity index (χ3v) is 4.65. The molecule has 25 heavy (non-hydrogen) atoms. The molecule has 0 aliphatic carbocycles. The zero-order chi connectivity index (χ0) is 18.9. The average molecular weight is 371 g/mol. The largest absolute Gasteiger partial charge is 0.494 e. The molecule has 0 atom stereocenters. The van der Waals surface area contributed by atoms with Crippen molar-refractivity contribution >= 4 is 16.0 Å². The van der Waals surface area contributed by atoms with Crippen molar-refractivity contribution in [3.8, 4) is 5.75 Å². The van der Waals surface area contributed by atoms with E-state index in [1.54, 1.807) is 32.9 Å². The van der Waals surface area contributed by atoms with Gasteiger partial charge < -0.3 is 9.47 Å². The van der Waals surface area contributed by atoms with E-state index < -0.39 is 15.6 Å². The zero-order valence-electron chi connectivity index (χ0n) is 15.5. The lowest BCUT2D eigenvalue weighted by Gasteiger charge is -2.19. The Morgan fingerprint density at radius 2 is 1.76 bits per heavy atom. The quantitative estimate of drug-likeness (QED) is 0.504. The van der Waals surface area contributed by atoms with Gasteiger partial charge in [0.05, 0.1) is 11.5 Å². The lowest BCUT2D eigenvalue weighted by Crippen LogP contribution is -2.27. The Morgan fingerprint density at radius 3 is 2.32 bits per heavy atom. The Morgan fingerprint density at radius 1 is 1.12 bits per heavy atom. The Kier molecular flexibility index (Phi) is 8.38. The molecule has 0 bridgehead atoms.